The topological polar surface area (TPSA) is 151 Å². The second-order valence-electron chi connectivity index (χ2n) is 10.0. The van der Waals surface area contributed by atoms with Crippen LogP contribution in [-0.2, 0) is 19.1 Å². The molecular formula is C25H38N4O6. The van der Waals surface area contributed by atoms with E-state index < -0.39 is 42.0 Å². The van der Waals surface area contributed by atoms with Crippen molar-refractivity contribution in [2.45, 2.75) is 96.5 Å². The number of nitrogens with one attached hydrogen (secondary N) is 2. The van der Waals surface area contributed by atoms with Crippen LogP contribution in [0.2, 0.25) is 0 Å². The molecule has 5 N–H and O–H groups in total. The van der Waals surface area contributed by atoms with Gasteiger partial charge in [-0.2, -0.15) is 0 Å². The number of carbonyl (C=O) groups excluding carboxylic acids is 4. The Morgan fingerprint density at radius 1 is 1.14 bits per heavy atom. The Morgan fingerprint density at radius 2 is 1.74 bits per heavy atom. The number of carbonyl (C=O) groups is 4. The number of primary amides is 1. The molecule has 0 saturated heterocycles. The molecular weight excluding hydrogens is 452 g/mol. The molecule has 3 unspecified atom stereocenters. The summed E-state index contributed by atoms with van der Waals surface area (Å²) in [5, 5.41) is 15.2. The van der Waals surface area contributed by atoms with Crippen molar-refractivity contribution in [1.29, 1.82) is 0 Å². The van der Waals surface area contributed by atoms with Gasteiger partial charge in [-0.05, 0) is 64.7 Å². The van der Waals surface area contributed by atoms with Crippen LogP contribution in [-0.4, -0.2) is 57.5 Å². The van der Waals surface area contributed by atoms with Crippen LogP contribution in [0.1, 0.15) is 78.3 Å². The van der Waals surface area contributed by atoms with E-state index in [0.717, 1.165) is 12.8 Å². The highest BCUT2D eigenvalue weighted by molar-refractivity contribution is 5.95. The van der Waals surface area contributed by atoms with Crippen LogP contribution < -0.4 is 16.4 Å². The molecule has 0 radical (unpaired) electrons. The fourth-order valence-corrected chi connectivity index (χ4v) is 3.82. The normalized spacial score (nSPS) is 15.9. The van der Waals surface area contributed by atoms with Crippen molar-refractivity contribution in [3.8, 4) is 5.75 Å². The molecule has 0 aromatic heterocycles. The highest BCUT2D eigenvalue weighted by Crippen LogP contribution is 2.36. The molecule has 3 atom stereocenters. The Labute approximate surface area is 206 Å². The van der Waals surface area contributed by atoms with Crippen LogP contribution in [0.15, 0.2) is 24.3 Å². The monoisotopic (exact) mass is 490 g/mol. The van der Waals surface area contributed by atoms with Gasteiger partial charge in [-0.25, -0.2) is 4.79 Å². The minimum atomic E-state index is -1.30. The van der Waals surface area contributed by atoms with Crippen molar-refractivity contribution in [1.82, 2.24) is 15.5 Å². The van der Waals surface area contributed by atoms with Crippen LogP contribution >= 0.6 is 0 Å². The third-order valence-electron chi connectivity index (χ3n) is 5.43. The molecule has 1 aromatic rings. The van der Waals surface area contributed by atoms with Crippen molar-refractivity contribution in [2.75, 3.05) is 0 Å². The van der Waals surface area contributed by atoms with Crippen molar-refractivity contribution < 1.29 is 29.0 Å². The van der Waals surface area contributed by atoms with Gasteiger partial charge in [0.05, 0.1) is 6.42 Å². The summed E-state index contributed by atoms with van der Waals surface area (Å²) in [6, 6.07) is 3.36. The van der Waals surface area contributed by atoms with E-state index in [4.69, 9.17) is 10.5 Å². The molecule has 1 fully saturated rings. The summed E-state index contributed by atoms with van der Waals surface area (Å²) in [6.07, 6.45) is 1.67. The first-order chi connectivity index (χ1) is 16.3. The third kappa shape index (κ3) is 8.77. The minimum absolute atomic E-state index is 0.0229. The predicted octanol–water partition coefficient (Wildman–Crippen LogP) is 2.50. The van der Waals surface area contributed by atoms with Gasteiger partial charge in [0.2, 0.25) is 17.7 Å². The smallest absolute Gasteiger partial charge is 0.408 e. The van der Waals surface area contributed by atoms with Crippen LogP contribution in [0.3, 0.4) is 0 Å². The molecule has 0 spiro atoms. The molecule has 1 aliphatic carbocycles. The minimum Gasteiger partial charge on any atom is -0.508 e. The number of aromatic hydroxyl groups is 1. The maximum atomic E-state index is 13.8. The van der Waals surface area contributed by atoms with Gasteiger partial charge in [0.15, 0.2) is 0 Å². The van der Waals surface area contributed by atoms with Crippen LogP contribution in [0.5, 0.6) is 5.75 Å². The van der Waals surface area contributed by atoms with Crippen LogP contribution in [0, 0.1) is 0 Å². The number of ether oxygens (including phenoxy) is 1. The second kappa shape index (κ2) is 11.9. The molecule has 2 rings (SSSR count). The van der Waals surface area contributed by atoms with Gasteiger partial charge in [0, 0.05) is 12.1 Å². The van der Waals surface area contributed by atoms with Gasteiger partial charge in [-0.1, -0.05) is 25.5 Å². The van der Waals surface area contributed by atoms with Crippen molar-refractivity contribution >= 4 is 23.8 Å². The maximum Gasteiger partial charge on any atom is 0.408 e. The lowest BCUT2D eigenvalue weighted by molar-refractivity contribution is -0.144. The maximum absolute atomic E-state index is 13.8. The molecule has 35 heavy (non-hydrogen) atoms. The van der Waals surface area contributed by atoms with Crippen LogP contribution in [0.4, 0.5) is 4.79 Å². The molecule has 1 saturated carbocycles. The van der Waals surface area contributed by atoms with E-state index in [1.54, 1.807) is 32.9 Å². The lowest BCUT2D eigenvalue weighted by atomic mass is 10.0. The average Bonchev–Trinajstić information content (AvgIpc) is 3.55. The molecule has 10 nitrogen and oxygen atoms in total. The number of amides is 4. The fourth-order valence-electron chi connectivity index (χ4n) is 3.82. The Bertz CT molecular complexity index is 908. The lowest BCUT2D eigenvalue weighted by Gasteiger charge is -2.35. The molecule has 0 aliphatic heterocycles. The number of nitrogens with zero attached hydrogens (tertiary/aromatic N) is 1. The highest BCUT2D eigenvalue weighted by atomic mass is 16.6. The van der Waals surface area contributed by atoms with Crippen molar-refractivity contribution in [3.63, 3.8) is 0 Å². The number of phenols is 1. The summed E-state index contributed by atoms with van der Waals surface area (Å²) in [5.41, 5.74) is 5.06. The van der Waals surface area contributed by atoms with E-state index in [1.165, 1.54) is 17.0 Å². The molecule has 4 amide bonds. The number of nitrogens with two attached hydrogens (primary N) is 1. The van der Waals surface area contributed by atoms with Gasteiger partial charge in [0.25, 0.3) is 0 Å². The predicted molar refractivity (Wildman–Crippen MR) is 130 cm³/mol. The third-order valence-corrected chi connectivity index (χ3v) is 5.43. The Hall–Kier alpha value is -3.30. The van der Waals surface area contributed by atoms with Gasteiger partial charge in [-0.15, -0.1) is 0 Å². The first-order valence-corrected chi connectivity index (χ1v) is 12.0. The number of hydrogen-bond acceptors (Lipinski definition) is 6. The first kappa shape index (κ1) is 27.9. The van der Waals surface area contributed by atoms with E-state index in [0.29, 0.717) is 18.4 Å². The Morgan fingerprint density at radius 3 is 2.23 bits per heavy atom. The van der Waals surface area contributed by atoms with E-state index >= 15 is 0 Å². The molecule has 1 aliphatic rings. The molecule has 0 bridgehead atoms. The largest absolute Gasteiger partial charge is 0.508 e. The Balaban J connectivity index is 2.43. The van der Waals surface area contributed by atoms with Gasteiger partial charge in [0.1, 0.15) is 23.4 Å². The standard InChI is InChI=1S/C25H38N4O6/c1-6-7-15(2)27-22(32)21(16-8-12-18(30)13-9-16)29(17-10-11-17)23(33)19(14-20(26)31)28-24(34)35-25(3,4)5/h8-9,12-13,15,17,19,21,30H,6-7,10-11,14H2,1-5H3,(H2,26,31)(H,27,32)(H,28,34). The first-order valence-electron chi connectivity index (χ1n) is 12.0. The number of rotatable bonds is 11. The SMILES string of the molecule is CCCC(C)NC(=O)C(c1ccc(O)cc1)N(C(=O)C(CC(N)=O)NC(=O)OC(C)(C)C)C1CC1. The average molecular weight is 491 g/mol. The fraction of sp³-hybridized carbons (Fsp3) is 0.600. The number of hydrogen-bond donors (Lipinski definition) is 4. The summed E-state index contributed by atoms with van der Waals surface area (Å²) < 4.78 is 5.26. The van der Waals surface area contributed by atoms with E-state index in [-0.39, 0.29) is 23.7 Å². The van der Waals surface area contributed by atoms with Crippen molar-refractivity contribution in [3.05, 3.63) is 29.8 Å². The highest BCUT2D eigenvalue weighted by Gasteiger charge is 2.44. The molecule has 1 aromatic carbocycles. The number of benzene rings is 1. The number of alkyl carbamates (subject to hydrolysis) is 1. The second-order valence-corrected chi connectivity index (χ2v) is 10.0. The van der Waals surface area contributed by atoms with E-state index in [1.807, 2.05) is 13.8 Å². The van der Waals surface area contributed by atoms with Crippen LogP contribution in [0.25, 0.3) is 0 Å². The quantitative estimate of drug-likeness (QED) is 0.374. The van der Waals surface area contributed by atoms with Gasteiger partial charge in [-0.3, -0.25) is 14.4 Å². The lowest BCUT2D eigenvalue weighted by Crippen LogP contribution is -2.55. The molecule has 194 valence electrons. The zero-order valence-corrected chi connectivity index (χ0v) is 21.2. The molecule has 10 heteroatoms. The number of phenolic OH excluding ortho intramolecular Hbond substituents is 1. The van der Waals surface area contributed by atoms with Gasteiger partial charge < -0.3 is 31.1 Å². The summed E-state index contributed by atoms with van der Waals surface area (Å²) >= 11 is 0. The molecule has 0 heterocycles. The summed E-state index contributed by atoms with van der Waals surface area (Å²) in [6.45, 7) is 8.93. The zero-order chi connectivity index (χ0) is 26.3. The van der Waals surface area contributed by atoms with Crippen molar-refractivity contribution in [2.24, 2.45) is 5.73 Å². The zero-order valence-electron chi connectivity index (χ0n) is 21.2. The Kier molecular flexibility index (Phi) is 9.50. The summed E-state index contributed by atoms with van der Waals surface area (Å²) in [4.78, 5) is 52.9. The van der Waals surface area contributed by atoms with E-state index in [2.05, 4.69) is 10.6 Å². The van der Waals surface area contributed by atoms with E-state index in [9.17, 15) is 24.3 Å². The summed E-state index contributed by atoms with van der Waals surface area (Å²) in [7, 11) is 0. The van der Waals surface area contributed by atoms with Gasteiger partial charge >= 0.3 is 6.09 Å². The summed E-state index contributed by atoms with van der Waals surface area (Å²) in [5.74, 6) is -1.74.